The van der Waals surface area contributed by atoms with Crippen molar-refractivity contribution in [3.8, 4) is 0 Å². The third-order valence-corrected chi connectivity index (χ3v) is 7.15. The Labute approximate surface area is 423 Å². The van der Waals surface area contributed by atoms with Gasteiger partial charge in [0.2, 0.25) is 0 Å². The van der Waals surface area contributed by atoms with Gasteiger partial charge in [-0.15, -0.1) is 0 Å². The molecule has 0 rings (SSSR count). The van der Waals surface area contributed by atoms with E-state index in [4.69, 9.17) is 0 Å². The molecule has 0 spiro atoms. The van der Waals surface area contributed by atoms with Gasteiger partial charge in [-0.05, 0) is 0 Å². The van der Waals surface area contributed by atoms with Gasteiger partial charge >= 0.3 is 158 Å². The Bertz CT molecular complexity index is 1720. The van der Waals surface area contributed by atoms with E-state index in [9.17, 15) is 213 Å². The van der Waals surface area contributed by atoms with E-state index in [0.717, 1.165) is 0 Å². The molecule has 49 heteroatoms. The van der Waals surface area contributed by atoms with Gasteiger partial charge in [-0.2, -0.15) is 184 Å². The number of halogens is 42. The summed E-state index contributed by atoms with van der Waals surface area (Å²) in [5.41, 5.74) is 0. The zero-order valence-electron chi connectivity index (χ0n) is 32.4. The third kappa shape index (κ3) is 14.5. The second kappa shape index (κ2) is 22.4. The van der Waals surface area contributed by atoms with Crippen LogP contribution in [0.3, 0.4) is 0 Å². The standard InChI is InChI=1S/3C9HF14O2.Eu/c3*10-4(11,6(14,15)8(18,19)20)2(24)1-3(25)5(12,13)7(16,17)9(21,22)23;/h3*1H;/q3*-1;+3. The molecule has 0 aliphatic carbocycles. The normalized spacial score (nSPS) is 14.9. The number of Topliss-reactive ketones (excluding diaryl/α,β-unsaturated/α-hetero) is 6. The topological polar surface area (TPSA) is 102 Å². The van der Waals surface area contributed by atoms with E-state index in [2.05, 4.69) is 0 Å². The van der Waals surface area contributed by atoms with E-state index >= 15 is 0 Å². The second-order valence-corrected chi connectivity index (χ2v) is 12.5. The molecule has 0 amide bonds. The number of hydrogen-bond donors (Lipinski definition) is 0. The van der Waals surface area contributed by atoms with Gasteiger partial charge in [-0.1, -0.05) is 0 Å². The van der Waals surface area contributed by atoms with Crippen molar-refractivity contribution < 1.29 is 263 Å². The number of ketones is 6. The summed E-state index contributed by atoms with van der Waals surface area (Å²) >= 11 is 0. The molecule has 0 saturated carbocycles. The molecule has 0 N–H and O–H groups in total. The summed E-state index contributed by atoms with van der Waals surface area (Å²) < 4.78 is 512. The van der Waals surface area contributed by atoms with Crippen molar-refractivity contribution in [3.63, 3.8) is 0 Å². The van der Waals surface area contributed by atoms with Crippen molar-refractivity contribution in [1.82, 2.24) is 0 Å². The minimum absolute atomic E-state index is 0. The van der Waals surface area contributed by atoms with Gasteiger partial charge in [0, 0.05) is 0 Å². The van der Waals surface area contributed by atoms with Crippen LogP contribution in [0.25, 0.3) is 0 Å². The largest absolute Gasteiger partial charge is 3.00 e. The quantitative estimate of drug-likeness (QED) is 0.0770. The monoisotopic (exact) mass is 1370 g/mol. The van der Waals surface area contributed by atoms with Crippen molar-refractivity contribution in [2.45, 2.75) is 108 Å². The summed E-state index contributed by atoms with van der Waals surface area (Å²) in [6, 6.07) is 0. The molecule has 0 unspecified atom stereocenters. The van der Waals surface area contributed by atoms with Gasteiger partial charge in [0.25, 0.3) is 0 Å². The molecule has 0 atom stereocenters. The number of rotatable bonds is 18. The Morgan fingerprint density at radius 3 is 0.289 bits per heavy atom. The predicted octanol–water partition coefficient (Wildman–Crippen LogP) is 12.0. The summed E-state index contributed by atoms with van der Waals surface area (Å²) in [5.74, 6) is -109. The first-order valence-electron chi connectivity index (χ1n) is 15.4. The summed E-state index contributed by atoms with van der Waals surface area (Å²) in [6.07, 6.45) is -49.2. The van der Waals surface area contributed by atoms with Crippen LogP contribution in [-0.4, -0.2) is 143 Å². The Kier molecular flexibility index (Phi) is 23.2. The molecule has 0 saturated heterocycles. The maximum absolute atomic E-state index is 12.7. The maximum atomic E-state index is 12.7. The van der Waals surface area contributed by atoms with E-state index in [1.165, 1.54) is 0 Å². The molecule has 0 aromatic carbocycles. The molecule has 0 aliphatic rings. The van der Waals surface area contributed by atoms with Crippen LogP contribution < -0.4 is 0 Å². The van der Waals surface area contributed by atoms with Crippen LogP contribution in [0.4, 0.5) is 184 Å². The van der Waals surface area contributed by atoms with Crippen molar-refractivity contribution >= 4 is 34.7 Å². The van der Waals surface area contributed by atoms with Crippen LogP contribution >= 0.6 is 0 Å². The summed E-state index contributed by atoms with van der Waals surface area (Å²) in [6.45, 7) is 0. The summed E-state index contributed by atoms with van der Waals surface area (Å²) in [4.78, 5) is 63.2. The van der Waals surface area contributed by atoms with Gasteiger partial charge in [-0.25, -0.2) is 19.3 Å². The van der Waals surface area contributed by atoms with E-state index < -0.39 is 162 Å². The van der Waals surface area contributed by atoms with Crippen LogP contribution in [0.2, 0.25) is 0 Å². The van der Waals surface area contributed by atoms with Crippen molar-refractivity contribution in [2.75, 3.05) is 0 Å². The maximum Gasteiger partial charge on any atom is 3.00 e. The van der Waals surface area contributed by atoms with Crippen molar-refractivity contribution in [1.29, 1.82) is 0 Å². The fourth-order valence-corrected chi connectivity index (χ4v) is 2.90. The molecule has 0 aliphatic heterocycles. The fourth-order valence-electron chi connectivity index (χ4n) is 2.90. The number of carbonyl (C=O) groups is 6. The van der Waals surface area contributed by atoms with E-state index in [0.29, 0.717) is 0 Å². The first-order chi connectivity index (χ1) is 31.6. The van der Waals surface area contributed by atoms with E-state index in [-0.39, 0.29) is 49.4 Å². The number of hydrogen-bond acceptors (Lipinski definition) is 6. The molecule has 6 nitrogen and oxygen atoms in total. The van der Waals surface area contributed by atoms with E-state index in [1.807, 2.05) is 0 Å². The van der Waals surface area contributed by atoms with Crippen LogP contribution in [-0.2, 0) is 28.8 Å². The Morgan fingerprint density at radius 1 is 0.171 bits per heavy atom. The fraction of sp³-hybridized carbons (Fsp3) is 0.667. The van der Waals surface area contributed by atoms with Gasteiger partial charge in [-0.3, -0.25) is 0 Å². The zero-order chi connectivity index (χ0) is 62.6. The van der Waals surface area contributed by atoms with Crippen LogP contribution in [0.15, 0.2) is 0 Å². The minimum Gasteiger partial charge on any atom is -0.327 e. The summed E-state index contributed by atoms with van der Waals surface area (Å²) in [5, 5.41) is 0. The molecule has 0 heterocycles. The van der Waals surface area contributed by atoms with Crippen LogP contribution in [0, 0.1) is 68.6 Å². The molecule has 0 aromatic heterocycles. The molecular weight excluding hydrogens is 1370 g/mol. The second-order valence-electron chi connectivity index (χ2n) is 12.5. The third-order valence-electron chi connectivity index (χ3n) is 7.15. The average Bonchev–Trinajstić information content (AvgIpc) is 3.14. The zero-order valence-corrected chi connectivity index (χ0v) is 34.9. The molecule has 76 heavy (non-hydrogen) atoms. The molecule has 448 valence electrons. The molecular formula is C27H3EuF42O6. The van der Waals surface area contributed by atoms with Crippen LogP contribution in [0.5, 0.6) is 0 Å². The molecule has 0 aromatic rings. The first-order valence-corrected chi connectivity index (χ1v) is 15.4. The minimum atomic E-state index is -7.24. The number of alkyl halides is 42. The molecule has 0 fully saturated rings. The van der Waals surface area contributed by atoms with Gasteiger partial charge in [0.1, 0.15) is 0 Å². The van der Waals surface area contributed by atoms with Crippen molar-refractivity contribution in [2.24, 2.45) is 0 Å². The summed E-state index contributed by atoms with van der Waals surface area (Å²) in [7, 11) is 0. The van der Waals surface area contributed by atoms with Gasteiger partial charge in [0.15, 0.2) is 0 Å². The van der Waals surface area contributed by atoms with Crippen molar-refractivity contribution in [3.05, 3.63) is 19.3 Å². The first kappa shape index (κ1) is 78.8. The predicted molar refractivity (Wildman–Crippen MR) is 139 cm³/mol. The van der Waals surface area contributed by atoms with E-state index in [1.54, 1.807) is 0 Å². The Morgan fingerprint density at radius 2 is 0.237 bits per heavy atom. The SMILES string of the molecule is O=C([CH-]C(=O)C(F)(F)C(F)(F)C(F)(F)F)C(F)(F)C(F)(F)C(F)(F)F.O=C([CH-]C(=O)C(F)(F)C(F)(F)C(F)(F)F)C(F)(F)C(F)(F)C(F)(F)F.O=C([CH-]C(=O)C(F)(F)C(F)(F)C(F)(F)F)C(F)(F)C(F)(F)C(F)(F)F.[Eu+3]. The molecule has 0 radical (unpaired) electrons. The Balaban J connectivity index is -0.000000508. The van der Waals surface area contributed by atoms with Crippen LogP contribution in [0.1, 0.15) is 0 Å². The average molecular weight is 1370 g/mol. The Hall–Kier alpha value is -3.73. The number of carbonyl (C=O) groups excluding carboxylic acids is 6. The molecule has 0 bridgehead atoms. The van der Waals surface area contributed by atoms with Gasteiger partial charge < -0.3 is 28.8 Å². The smallest absolute Gasteiger partial charge is 0.327 e. The van der Waals surface area contributed by atoms with Gasteiger partial charge in [0.05, 0.1) is 34.7 Å².